The number of methoxy groups -OCH3 is 1. The summed E-state index contributed by atoms with van der Waals surface area (Å²) in [5.74, 6) is 0.444. The van der Waals surface area contributed by atoms with Crippen LogP contribution in [-0.4, -0.2) is 58.3 Å². The number of nitrogens with zero attached hydrogens (tertiary/aromatic N) is 3. The van der Waals surface area contributed by atoms with Crippen molar-refractivity contribution in [3.63, 3.8) is 0 Å². The molecule has 1 N–H and O–H groups in total. The highest BCUT2D eigenvalue weighted by Gasteiger charge is 2.22. The Hall–Kier alpha value is -4.92. The van der Waals surface area contributed by atoms with Crippen LogP contribution in [0.25, 0.3) is 17.0 Å². The summed E-state index contributed by atoms with van der Waals surface area (Å²) >= 11 is 0. The lowest BCUT2D eigenvalue weighted by atomic mass is 10.1. The van der Waals surface area contributed by atoms with Gasteiger partial charge in [0.05, 0.1) is 12.0 Å². The third-order valence-corrected chi connectivity index (χ3v) is 6.96. The lowest BCUT2D eigenvalue weighted by Gasteiger charge is -2.28. The summed E-state index contributed by atoms with van der Waals surface area (Å²) in [6, 6.07) is 21.7. The van der Waals surface area contributed by atoms with Gasteiger partial charge >= 0.3 is 0 Å². The molecule has 1 aromatic heterocycles. The van der Waals surface area contributed by atoms with E-state index in [1.165, 1.54) is 18.2 Å². The molecule has 0 aliphatic carbocycles. The number of fused-ring (bicyclic) bond motifs is 1. The van der Waals surface area contributed by atoms with E-state index < -0.39 is 4.92 Å². The Morgan fingerprint density at radius 1 is 1.00 bits per heavy atom. The van der Waals surface area contributed by atoms with Crippen molar-refractivity contribution in [2.75, 3.05) is 26.7 Å². The molecular weight excluding hydrogens is 532 g/mol. The van der Waals surface area contributed by atoms with Crippen molar-refractivity contribution in [3.8, 4) is 5.75 Å². The Labute approximate surface area is 245 Å². The number of amides is 2. The van der Waals surface area contributed by atoms with Crippen molar-refractivity contribution in [2.45, 2.75) is 26.8 Å². The van der Waals surface area contributed by atoms with Crippen molar-refractivity contribution in [1.29, 1.82) is 0 Å². The highest BCUT2D eigenvalue weighted by Crippen LogP contribution is 2.20. The number of hydrogen-bond donors (Lipinski definition) is 1. The monoisotopic (exact) mass is 568 g/mol. The molecule has 0 unspecified atom stereocenters. The van der Waals surface area contributed by atoms with Gasteiger partial charge < -0.3 is 19.5 Å². The van der Waals surface area contributed by atoms with Gasteiger partial charge in [0, 0.05) is 54.9 Å². The normalized spacial score (nSPS) is 11.2. The fourth-order valence-electron chi connectivity index (χ4n) is 4.75. The molecule has 0 bridgehead atoms. The summed E-state index contributed by atoms with van der Waals surface area (Å²) in [6.07, 6.45) is 5.66. The zero-order chi connectivity index (χ0) is 30.1. The van der Waals surface area contributed by atoms with E-state index in [-0.39, 0.29) is 30.0 Å². The maximum absolute atomic E-state index is 13.8. The first-order valence-electron chi connectivity index (χ1n) is 13.9. The van der Waals surface area contributed by atoms with Crippen molar-refractivity contribution in [3.05, 3.63) is 112 Å². The molecule has 0 saturated heterocycles. The second kappa shape index (κ2) is 14.1. The van der Waals surface area contributed by atoms with Crippen molar-refractivity contribution in [1.82, 2.24) is 14.8 Å². The summed E-state index contributed by atoms with van der Waals surface area (Å²) in [4.78, 5) is 44.1. The van der Waals surface area contributed by atoms with E-state index in [4.69, 9.17) is 4.74 Å². The topological polar surface area (TPSA) is 109 Å². The van der Waals surface area contributed by atoms with Crippen LogP contribution in [0.2, 0.25) is 0 Å². The number of hydrogen-bond acceptors (Lipinski definition) is 5. The number of carbonyl (C=O) groups is 2. The van der Waals surface area contributed by atoms with Crippen LogP contribution in [0.1, 0.15) is 30.5 Å². The van der Waals surface area contributed by atoms with E-state index in [0.29, 0.717) is 31.6 Å². The van der Waals surface area contributed by atoms with Gasteiger partial charge in [0.25, 0.3) is 5.69 Å². The number of nitro benzene ring substituents is 1. The Balaban J connectivity index is 1.51. The summed E-state index contributed by atoms with van der Waals surface area (Å²) in [5.41, 5.74) is 3.77. The number of nitrogens with one attached hydrogen (secondary N) is 1. The molecule has 42 heavy (non-hydrogen) atoms. The van der Waals surface area contributed by atoms with Crippen LogP contribution in [0.3, 0.4) is 0 Å². The zero-order valence-electron chi connectivity index (χ0n) is 24.2. The highest BCUT2D eigenvalue weighted by molar-refractivity contribution is 5.94. The molecule has 1 heterocycles. The number of carbonyl (C=O) groups excluding carboxylic acids is 2. The van der Waals surface area contributed by atoms with Gasteiger partial charge in [-0.15, -0.1) is 0 Å². The maximum atomic E-state index is 13.8. The van der Waals surface area contributed by atoms with Gasteiger partial charge in [-0.05, 0) is 65.4 Å². The Morgan fingerprint density at radius 3 is 2.38 bits per heavy atom. The Morgan fingerprint density at radius 2 is 1.71 bits per heavy atom. The average Bonchev–Trinajstić information content (AvgIpc) is 3.41. The molecule has 0 radical (unpaired) electrons. The van der Waals surface area contributed by atoms with Crippen LogP contribution in [0.4, 0.5) is 5.69 Å². The molecule has 0 spiro atoms. The molecule has 3 aromatic carbocycles. The molecule has 0 fully saturated rings. The smallest absolute Gasteiger partial charge is 0.269 e. The third-order valence-electron chi connectivity index (χ3n) is 6.96. The molecule has 0 atom stereocenters. The lowest BCUT2D eigenvalue weighted by Crippen LogP contribution is -2.44. The fourth-order valence-corrected chi connectivity index (χ4v) is 4.75. The van der Waals surface area contributed by atoms with Gasteiger partial charge in [-0.1, -0.05) is 44.2 Å². The van der Waals surface area contributed by atoms with Gasteiger partial charge in [-0.3, -0.25) is 19.7 Å². The molecule has 9 heteroatoms. The predicted molar refractivity (Wildman–Crippen MR) is 164 cm³/mol. The van der Waals surface area contributed by atoms with Crippen molar-refractivity contribution in [2.24, 2.45) is 5.92 Å². The molecular formula is C33H36N4O5. The number of rotatable bonds is 13. The summed E-state index contributed by atoms with van der Waals surface area (Å²) in [6.45, 7) is 5.22. The predicted octanol–water partition coefficient (Wildman–Crippen LogP) is 5.85. The van der Waals surface area contributed by atoms with Gasteiger partial charge in [0.15, 0.2) is 0 Å². The quantitative estimate of drug-likeness (QED) is 0.124. The molecule has 4 aromatic rings. The van der Waals surface area contributed by atoms with Gasteiger partial charge in [-0.25, -0.2) is 0 Å². The fraction of sp³-hybridized carbons (Fsp3) is 0.273. The minimum absolute atomic E-state index is 0.0184. The van der Waals surface area contributed by atoms with Crippen LogP contribution in [0, 0.1) is 16.0 Å². The standard InChI is InChI=1S/C33H36N4O5/c1-24(2)21-36(32(38)17-12-25-8-13-28(14-9-25)37(40)41)23-33(39)35(22-26-10-15-29(42-3)16-11-26)19-18-27-20-34-31-7-5-4-6-30(27)31/h4-17,20,24,34H,18-19,21-23H2,1-3H3/b17-12+. The number of ether oxygens (including phenoxy) is 1. The van der Waals surface area contributed by atoms with E-state index in [0.717, 1.165) is 27.8 Å². The number of nitro groups is 1. The summed E-state index contributed by atoms with van der Waals surface area (Å²) in [5, 5.41) is 12.1. The second-order valence-corrected chi connectivity index (χ2v) is 10.6. The minimum Gasteiger partial charge on any atom is -0.497 e. The van der Waals surface area contributed by atoms with Gasteiger partial charge in [-0.2, -0.15) is 0 Å². The Kier molecular flexibility index (Phi) is 10.1. The third kappa shape index (κ3) is 8.06. The largest absolute Gasteiger partial charge is 0.497 e. The number of non-ortho nitro benzene ring substituents is 1. The van der Waals surface area contributed by atoms with E-state index in [2.05, 4.69) is 11.1 Å². The average molecular weight is 569 g/mol. The summed E-state index contributed by atoms with van der Waals surface area (Å²) in [7, 11) is 1.61. The molecule has 9 nitrogen and oxygen atoms in total. The van der Waals surface area contributed by atoms with Crippen LogP contribution in [-0.2, 0) is 22.6 Å². The van der Waals surface area contributed by atoms with E-state index in [9.17, 15) is 19.7 Å². The van der Waals surface area contributed by atoms with Gasteiger partial charge in [0.1, 0.15) is 12.3 Å². The number of H-pyrrole nitrogens is 1. The van der Waals surface area contributed by atoms with Crippen LogP contribution in [0.5, 0.6) is 5.75 Å². The first kappa shape index (κ1) is 30.0. The first-order chi connectivity index (χ1) is 20.2. The first-order valence-corrected chi connectivity index (χ1v) is 13.9. The van der Waals surface area contributed by atoms with Crippen molar-refractivity contribution >= 4 is 34.5 Å². The van der Waals surface area contributed by atoms with Gasteiger partial charge in [0.2, 0.25) is 11.8 Å². The van der Waals surface area contributed by atoms with Crippen LogP contribution >= 0.6 is 0 Å². The van der Waals surface area contributed by atoms with Crippen molar-refractivity contribution < 1.29 is 19.2 Å². The maximum Gasteiger partial charge on any atom is 0.269 e. The highest BCUT2D eigenvalue weighted by atomic mass is 16.6. The number of para-hydroxylation sites is 1. The number of aromatic amines is 1. The number of benzene rings is 3. The Bertz CT molecular complexity index is 1540. The van der Waals surface area contributed by atoms with Crippen LogP contribution < -0.4 is 4.74 Å². The minimum atomic E-state index is -0.467. The molecule has 0 aliphatic heterocycles. The molecule has 4 rings (SSSR count). The van der Waals surface area contributed by atoms with E-state index in [1.807, 2.05) is 62.5 Å². The molecule has 218 valence electrons. The summed E-state index contributed by atoms with van der Waals surface area (Å²) < 4.78 is 5.28. The van der Waals surface area contributed by atoms with E-state index in [1.54, 1.807) is 35.1 Å². The number of aromatic nitrogens is 1. The molecule has 0 aliphatic rings. The lowest BCUT2D eigenvalue weighted by molar-refractivity contribution is -0.384. The molecule has 0 saturated carbocycles. The molecule has 2 amide bonds. The zero-order valence-corrected chi connectivity index (χ0v) is 24.2. The van der Waals surface area contributed by atoms with Crippen LogP contribution in [0.15, 0.2) is 85.1 Å². The second-order valence-electron chi connectivity index (χ2n) is 10.6. The SMILES string of the molecule is COc1ccc(CN(CCc2c[nH]c3ccccc23)C(=O)CN(CC(C)C)C(=O)/C=C/c2ccc([N+](=O)[O-])cc2)cc1. The van der Waals surface area contributed by atoms with E-state index >= 15 is 0 Å².